The van der Waals surface area contributed by atoms with Crippen LogP contribution < -0.4 is 10.7 Å². The van der Waals surface area contributed by atoms with Gasteiger partial charge >= 0.3 is 0 Å². The van der Waals surface area contributed by atoms with Crippen molar-refractivity contribution in [2.45, 2.75) is 6.54 Å². The zero-order chi connectivity index (χ0) is 14.0. The second-order valence-electron chi connectivity index (χ2n) is 3.91. The van der Waals surface area contributed by atoms with E-state index in [0.29, 0.717) is 15.6 Å². The van der Waals surface area contributed by atoms with Crippen molar-refractivity contribution in [3.8, 4) is 0 Å². The van der Waals surface area contributed by atoms with E-state index in [1.54, 1.807) is 18.2 Å². The van der Waals surface area contributed by atoms with Crippen LogP contribution in [-0.4, -0.2) is 10.5 Å². The minimum Gasteiger partial charge on any atom is -0.545 e. The first kappa shape index (κ1) is 13.6. The lowest BCUT2D eigenvalue weighted by molar-refractivity contribution is -0.255. The summed E-state index contributed by atoms with van der Waals surface area (Å²) in [5.74, 6) is -1.34. The quantitative estimate of drug-likeness (QED) is 0.864. The van der Waals surface area contributed by atoms with Crippen LogP contribution in [0.2, 0.25) is 10.0 Å². The Morgan fingerprint density at radius 3 is 2.58 bits per heavy atom. The van der Waals surface area contributed by atoms with Crippen molar-refractivity contribution in [1.29, 1.82) is 0 Å². The van der Waals surface area contributed by atoms with Crippen LogP contribution in [0.4, 0.5) is 0 Å². The van der Waals surface area contributed by atoms with E-state index >= 15 is 0 Å². The molecule has 0 aliphatic carbocycles. The fraction of sp³-hybridized carbons (Fsp3) is 0.0769. The van der Waals surface area contributed by atoms with Crippen molar-refractivity contribution < 1.29 is 9.90 Å². The zero-order valence-electron chi connectivity index (χ0n) is 9.60. The maximum absolute atomic E-state index is 11.7. The predicted molar refractivity (Wildman–Crippen MR) is 70.6 cm³/mol. The maximum Gasteiger partial charge on any atom is 0.250 e. The molecule has 4 nitrogen and oxygen atoms in total. The molecule has 0 aliphatic rings. The fourth-order valence-corrected chi connectivity index (χ4v) is 2.08. The van der Waals surface area contributed by atoms with E-state index in [9.17, 15) is 14.7 Å². The first-order valence-corrected chi connectivity index (χ1v) is 6.09. The molecule has 0 saturated carbocycles. The van der Waals surface area contributed by atoms with Gasteiger partial charge in [0.25, 0.3) is 5.56 Å². The van der Waals surface area contributed by atoms with Crippen molar-refractivity contribution in [3.63, 3.8) is 0 Å². The lowest BCUT2D eigenvalue weighted by atomic mass is 10.2. The highest BCUT2D eigenvalue weighted by Crippen LogP contribution is 2.21. The summed E-state index contributed by atoms with van der Waals surface area (Å²) in [6.45, 7) is 0.163. The number of carbonyl (C=O) groups is 1. The number of hydrogen-bond acceptors (Lipinski definition) is 3. The average molecular weight is 297 g/mol. The summed E-state index contributed by atoms with van der Waals surface area (Å²) in [6.07, 6.45) is 1.22. The Labute approximate surface area is 118 Å². The van der Waals surface area contributed by atoms with E-state index < -0.39 is 5.97 Å². The molecular formula is C13H8Cl2NO3-. The average Bonchev–Trinajstić information content (AvgIpc) is 2.34. The standard InChI is InChI=1S/C13H9Cl2NO3/c14-10-3-1-8(11(15)5-10)6-16-7-9(13(18)19)2-4-12(16)17/h1-5,7H,6H2,(H,18,19)/p-1. The van der Waals surface area contributed by atoms with Gasteiger partial charge in [0.05, 0.1) is 12.5 Å². The first-order chi connectivity index (χ1) is 8.97. The van der Waals surface area contributed by atoms with Gasteiger partial charge < -0.3 is 14.5 Å². The van der Waals surface area contributed by atoms with E-state index in [1.165, 1.54) is 22.9 Å². The van der Waals surface area contributed by atoms with Crippen molar-refractivity contribution in [3.05, 3.63) is 68.1 Å². The molecule has 1 aromatic heterocycles. The summed E-state index contributed by atoms with van der Waals surface area (Å²) in [5.41, 5.74) is 0.282. The molecule has 0 saturated heterocycles. The first-order valence-electron chi connectivity index (χ1n) is 5.33. The second-order valence-corrected chi connectivity index (χ2v) is 4.75. The molecule has 2 aromatic rings. The lowest BCUT2D eigenvalue weighted by Gasteiger charge is -2.10. The molecule has 0 aliphatic heterocycles. The zero-order valence-corrected chi connectivity index (χ0v) is 11.1. The topological polar surface area (TPSA) is 62.1 Å². The molecule has 98 valence electrons. The van der Waals surface area contributed by atoms with Crippen LogP contribution in [0.5, 0.6) is 0 Å². The number of carboxylic acids is 1. The van der Waals surface area contributed by atoms with Crippen LogP contribution in [0, 0.1) is 0 Å². The summed E-state index contributed by atoms with van der Waals surface area (Å²) >= 11 is 11.8. The third-order valence-corrected chi connectivity index (χ3v) is 3.16. The molecule has 1 aromatic carbocycles. The summed E-state index contributed by atoms with van der Waals surface area (Å²) in [5, 5.41) is 11.7. The van der Waals surface area contributed by atoms with E-state index in [0.717, 1.165) is 0 Å². The Morgan fingerprint density at radius 2 is 1.95 bits per heavy atom. The SMILES string of the molecule is O=C([O-])c1ccc(=O)n(Cc2ccc(Cl)cc2Cl)c1. The third kappa shape index (κ3) is 3.16. The van der Waals surface area contributed by atoms with Gasteiger partial charge in [-0.05, 0) is 23.8 Å². The van der Waals surface area contributed by atoms with E-state index in [4.69, 9.17) is 23.2 Å². The van der Waals surface area contributed by atoms with Crippen LogP contribution >= 0.6 is 23.2 Å². The van der Waals surface area contributed by atoms with Crippen LogP contribution in [-0.2, 0) is 6.54 Å². The molecule has 19 heavy (non-hydrogen) atoms. The van der Waals surface area contributed by atoms with Gasteiger partial charge in [0.2, 0.25) is 0 Å². The number of carbonyl (C=O) groups excluding carboxylic acids is 1. The smallest absolute Gasteiger partial charge is 0.250 e. The summed E-state index contributed by atoms with van der Waals surface area (Å²) < 4.78 is 1.25. The molecule has 0 unspecified atom stereocenters. The maximum atomic E-state index is 11.7. The van der Waals surface area contributed by atoms with Crippen molar-refractivity contribution in [2.75, 3.05) is 0 Å². The number of rotatable bonds is 3. The second kappa shape index (κ2) is 5.47. The number of halogens is 2. The van der Waals surface area contributed by atoms with Gasteiger partial charge in [-0.2, -0.15) is 0 Å². The molecule has 0 spiro atoms. The van der Waals surface area contributed by atoms with E-state index in [-0.39, 0.29) is 17.7 Å². The van der Waals surface area contributed by atoms with Gasteiger partial charge in [-0.15, -0.1) is 0 Å². The van der Waals surface area contributed by atoms with Crippen molar-refractivity contribution in [1.82, 2.24) is 4.57 Å². The summed E-state index contributed by atoms with van der Waals surface area (Å²) in [7, 11) is 0. The predicted octanol–water partition coefficient (Wildman–Crippen LogP) is 1.57. The highest BCUT2D eigenvalue weighted by atomic mass is 35.5. The largest absolute Gasteiger partial charge is 0.545 e. The van der Waals surface area contributed by atoms with E-state index in [1.807, 2.05) is 0 Å². The molecule has 0 atom stereocenters. The number of benzene rings is 1. The highest BCUT2D eigenvalue weighted by molar-refractivity contribution is 6.35. The van der Waals surface area contributed by atoms with Gasteiger partial charge in [-0.25, -0.2) is 0 Å². The Bertz CT molecular complexity index is 695. The van der Waals surface area contributed by atoms with Gasteiger partial charge in [-0.3, -0.25) is 4.79 Å². The van der Waals surface area contributed by atoms with Gasteiger partial charge in [-0.1, -0.05) is 29.3 Å². The Morgan fingerprint density at radius 1 is 1.21 bits per heavy atom. The summed E-state index contributed by atoms with van der Waals surface area (Å²) in [6, 6.07) is 7.28. The van der Waals surface area contributed by atoms with Crippen molar-refractivity contribution in [2.24, 2.45) is 0 Å². The molecule has 0 bridgehead atoms. The number of aromatic carboxylic acids is 1. The molecular weight excluding hydrogens is 289 g/mol. The number of pyridine rings is 1. The minimum absolute atomic E-state index is 0.0651. The Kier molecular flexibility index (Phi) is 3.93. The van der Waals surface area contributed by atoms with E-state index in [2.05, 4.69) is 0 Å². The molecule has 2 rings (SSSR count). The number of hydrogen-bond donors (Lipinski definition) is 0. The molecule has 0 fully saturated rings. The fourth-order valence-electron chi connectivity index (χ4n) is 1.61. The Balaban J connectivity index is 2.40. The molecule has 0 N–H and O–H groups in total. The third-order valence-electron chi connectivity index (χ3n) is 2.57. The molecule has 6 heteroatoms. The number of nitrogens with zero attached hydrogens (tertiary/aromatic N) is 1. The van der Waals surface area contributed by atoms with Crippen molar-refractivity contribution >= 4 is 29.2 Å². The van der Waals surface area contributed by atoms with Gasteiger partial charge in [0.1, 0.15) is 0 Å². The normalized spacial score (nSPS) is 10.4. The lowest BCUT2D eigenvalue weighted by Crippen LogP contribution is -2.26. The van der Waals surface area contributed by atoms with Crippen LogP contribution in [0.25, 0.3) is 0 Å². The van der Waals surface area contributed by atoms with Crippen LogP contribution in [0.15, 0.2) is 41.3 Å². The number of carboxylic acid groups (broad SMARTS) is 1. The van der Waals surface area contributed by atoms with Gasteiger partial charge in [0.15, 0.2) is 0 Å². The highest BCUT2D eigenvalue weighted by Gasteiger charge is 2.05. The minimum atomic E-state index is -1.34. The molecule has 1 heterocycles. The summed E-state index contributed by atoms with van der Waals surface area (Å²) in [4.78, 5) is 22.4. The van der Waals surface area contributed by atoms with Crippen LogP contribution in [0.3, 0.4) is 0 Å². The molecule has 0 radical (unpaired) electrons. The Hall–Kier alpha value is -1.78. The van der Waals surface area contributed by atoms with Gasteiger partial charge in [0, 0.05) is 27.9 Å². The van der Waals surface area contributed by atoms with Crippen LogP contribution in [0.1, 0.15) is 15.9 Å². The molecule has 0 amide bonds. The number of aromatic nitrogens is 1. The monoisotopic (exact) mass is 296 g/mol.